The molecular formula is C13H19NO3. The van der Waals surface area contributed by atoms with Gasteiger partial charge in [-0.15, -0.1) is 0 Å². The van der Waals surface area contributed by atoms with E-state index in [2.05, 4.69) is 0 Å². The molecule has 1 amide bonds. The third-order valence-corrected chi connectivity index (χ3v) is 3.21. The molecule has 1 aliphatic heterocycles. The lowest BCUT2D eigenvalue weighted by molar-refractivity contribution is -0.150. The lowest BCUT2D eigenvalue weighted by Gasteiger charge is -2.27. The number of rotatable bonds is 3. The van der Waals surface area contributed by atoms with Gasteiger partial charge in [0.25, 0.3) is 5.91 Å². The van der Waals surface area contributed by atoms with Crippen LogP contribution in [0.3, 0.4) is 0 Å². The maximum absolute atomic E-state index is 12.2. The topological polar surface area (TPSA) is 42.7 Å². The van der Waals surface area contributed by atoms with E-state index in [1.165, 1.54) is 0 Å². The Kier molecular flexibility index (Phi) is 3.24. The Morgan fingerprint density at radius 1 is 1.53 bits per heavy atom. The van der Waals surface area contributed by atoms with Gasteiger partial charge in [-0.3, -0.25) is 4.79 Å². The molecule has 17 heavy (non-hydrogen) atoms. The van der Waals surface area contributed by atoms with Crippen LogP contribution in [0.25, 0.3) is 0 Å². The highest BCUT2D eigenvalue weighted by atomic mass is 16.5. The summed E-state index contributed by atoms with van der Waals surface area (Å²) in [6, 6.07) is 3.80. The second-order valence-electron chi connectivity index (χ2n) is 4.86. The van der Waals surface area contributed by atoms with Gasteiger partial charge in [0.15, 0.2) is 0 Å². The fourth-order valence-electron chi connectivity index (χ4n) is 2.23. The summed E-state index contributed by atoms with van der Waals surface area (Å²) in [6.45, 7) is 4.93. The Bertz CT molecular complexity index is 405. The van der Waals surface area contributed by atoms with Crippen LogP contribution in [0.2, 0.25) is 0 Å². The molecule has 0 aromatic carbocycles. The zero-order valence-electron chi connectivity index (χ0n) is 10.7. The fraction of sp³-hybridized carbons (Fsp3) is 0.615. The summed E-state index contributed by atoms with van der Waals surface area (Å²) in [7, 11) is 1.78. The minimum absolute atomic E-state index is 0.0315. The van der Waals surface area contributed by atoms with E-state index in [0.717, 1.165) is 24.4 Å². The van der Waals surface area contributed by atoms with Gasteiger partial charge in [-0.1, -0.05) is 0 Å². The lowest BCUT2D eigenvalue weighted by Crippen LogP contribution is -2.44. The number of hydrogen-bond acceptors (Lipinski definition) is 3. The van der Waals surface area contributed by atoms with Crippen molar-refractivity contribution in [2.24, 2.45) is 0 Å². The fourth-order valence-corrected chi connectivity index (χ4v) is 2.23. The average molecular weight is 237 g/mol. The Morgan fingerprint density at radius 2 is 2.29 bits per heavy atom. The van der Waals surface area contributed by atoms with Crippen molar-refractivity contribution in [3.8, 4) is 0 Å². The Morgan fingerprint density at radius 3 is 2.82 bits per heavy atom. The van der Waals surface area contributed by atoms with Crippen LogP contribution in [0, 0.1) is 6.92 Å². The summed E-state index contributed by atoms with van der Waals surface area (Å²) in [6.07, 6.45) is 1.75. The van der Waals surface area contributed by atoms with Crippen LogP contribution in [-0.2, 0) is 16.1 Å². The number of furan rings is 1. The summed E-state index contributed by atoms with van der Waals surface area (Å²) in [5, 5.41) is 0. The molecule has 94 valence electrons. The first kappa shape index (κ1) is 12.2. The van der Waals surface area contributed by atoms with E-state index in [1.807, 2.05) is 26.0 Å². The van der Waals surface area contributed by atoms with Gasteiger partial charge >= 0.3 is 0 Å². The Hall–Kier alpha value is -1.29. The average Bonchev–Trinajstić information content (AvgIpc) is 2.88. The molecule has 1 saturated heterocycles. The lowest BCUT2D eigenvalue weighted by atomic mass is 10.0. The van der Waals surface area contributed by atoms with Crippen molar-refractivity contribution >= 4 is 5.91 Å². The van der Waals surface area contributed by atoms with Crippen LogP contribution < -0.4 is 0 Å². The van der Waals surface area contributed by atoms with Crippen molar-refractivity contribution in [1.29, 1.82) is 0 Å². The van der Waals surface area contributed by atoms with Gasteiger partial charge in [0, 0.05) is 13.7 Å². The zero-order valence-corrected chi connectivity index (χ0v) is 10.7. The molecule has 4 heteroatoms. The first-order chi connectivity index (χ1) is 8.01. The Labute approximate surface area is 102 Å². The van der Waals surface area contributed by atoms with Crippen LogP contribution in [-0.4, -0.2) is 30.1 Å². The number of ether oxygens (including phenoxy) is 1. The predicted molar refractivity (Wildman–Crippen MR) is 63.5 cm³/mol. The maximum atomic E-state index is 12.2. The van der Waals surface area contributed by atoms with Gasteiger partial charge in [-0.05, 0) is 38.8 Å². The Balaban J connectivity index is 2.00. The molecule has 0 bridgehead atoms. The number of likely N-dealkylation sites (N-methyl/N-ethyl adjacent to an activating group) is 1. The molecule has 0 aliphatic carbocycles. The first-order valence-electron chi connectivity index (χ1n) is 5.96. The van der Waals surface area contributed by atoms with Gasteiger partial charge in [0.1, 0.15) is 17.1 Å². The van der Waals surface area contributed by atoms with Gasteiger partial charge in [0.2, 0.25) is 0 Å². The van der Waals surface area contributed by atoms with Gasteiger partial charge in [-0.25, -0.2) is 0 Å². The molecule has 2 rings (SSSR count). The van der Waals surface area contributed by atoms with Gasteiger partial charge in [0.05, 0.1) is 6.54 Å². The summed E-state index contributed by atoms with van der Waals surface area (Å²) in [5.41, 5.74) is -0.642. The number of nitrogens with zero attached hydrogens (tertiary/aromatic N) is 1. The molecule has 1 atom stereocenters. The van der Waals surface area contributed by atoms with E-state index >= 15 is 0 Å². The molecule has 2 heterocycles. The third kappa shape index (κ3) is 2.52. The summed E-state index contributed by atoms with van der Waals surface area (Å²) in [4.78, 5) is 13.9. The van der Waals surface area contributed by atoms with Crippen LogP contribution >= 0.6 is 0 Å². The third-order valence-electron chi connectivity index (χ3n) is 3.21. The molecule has 1 aromatic rings. The van der Waals surface area contributed by atoms with E-state index < -0.39 is 5.60 Å². The van der Waals surface area contributed by atoms with Crippen molar-refractivity contribution in [3.05, 3.63) is 23.7 Å². The summed E-state index contributed by atoms with van der Waals surface area (Å²) >= 11 is 0. The molecule has 0 spiro atoms. The standard InChI is InChI=1S/C13H19NO3/c1-10-5-6-11(17-10)9-14(3)12(15)13(2)7-4-8-16-13/h5-6H,4,7-9H2,1-3H3. The number of carbonyl (C=O) groups excluding carboxylic acids is 1. The smallest absolute Gasteiger partial charge is 0.254 e. The molecule has 0 saturated carbocycles. The quantitative estimate of drug-likeness (QED) is 0.808. The van der Waals surface area contributed by atoms with Crippen LogP contribution in [0.1, 0.15) is 31.3 Å². The maximum Gasteiger partial charge on any atom is 0.254 e. The SMILES string of the molecule is Cc1ccc(CN(C)C(=O)C2(C)CCCO2)o1. The molecule has 1 aromatic heterocycles. The normalized spacial score (nSPS) is 23.9. The monoisotopic (exact) mass is 237 g/mol. The van der Waals surface area contributed by atoms with Crippen molar-refractivity contribution < 1.29 is 13.9 Å². The molecule has 0 N–H and O–H groups in total. The largest absolute Gasteiger partial charge is 0.464 e. The molecule has 1 unspecified atom stereocenters. The van der Waals surface area contributed by atoms with Crippen molar-refractivity contribution in [2.75, 3.05) is 13.7 Å². The molecule has 1 aliphatic rings. The van der Waals surface area contributed by atoms with E-state index in [-0.39, 0.29) is 5.91 Å². The second-order valence-corrected chi connectivity index (χ2v) is 4.86. The second kappa shape index (κ2) is 4.53. The van der Waals surface area contributed by atoms with E-state index in [0.29, 0.717) is 13.2 Å². The van der Waals surface area contributed by atoms with Crippen molar-refractivity contribution in [1.82, 2.24) is 4.90 Å². The van der Waals surface area contributed by atoms with Crippen LogP contribution in [0.15, 0.2) is 16.5 Å². The highest BCUT2D eigenvalue weighted by Gasteiger charge is 2.39. The predicted octanol–water partition coefficient (Wildman–Crippen LogP) is 2.12. The van der Waals surface area contributed by atoms with E-state index in [1.54, 1.807) is 11.9 Å². The van der Waals surface area contributed by atoms with E-state index in [4.69, 9.17) is 9.15 Å². The minimum atomic E-state index is -0.642. The van der Waals surface area contributed by atoms with Crippen molar-refractivity contribution in [2.45, 2.75) is 38.8 Å². The number of aryl methyl sites for hydroxylation is 1. The van der Waals surface area contributed by atoms with Gasteiger partial charge in [-0.2, -0.15) is 0 Å². The molecular weight excluding hydrogens is 218 g/mol. The van der Waals surface area contributed by atoms with Crippen LogP contribution in [0.4, 0.5) is 0 Å². The number of hydrogen-bond donors (Lipinski definition) is 0. The number of amides is 1. The first-order valence-corrected chi connectivity index (χ1v) is 5.96. The van der Waals surface area contributed by atoms with Crippen LogP contribution in [0.5, 0.6) is 0 Å². The van der Waals surface area contributed by atoms with Gasteiger partial charge < -0.3 is 14.1 Å². The highest BCUT2D eigenvalue weighted by molar-refractivity contribution is 5.84. The highest BCUT2D eigenvalue weighted by Crippen LogP contribution is 2.27. The van der Waals surface area contributed by atoms with E-state index in [9.17, 15) is 4.79 Å². The minimum Gasteiger partial charge on any atom is -0.464 e. The summed E-state index contributed by atoms with van der Waals surface area (Å²) in [5.74, 6) is 1.70. The van der Waals surface area contributed by atoms with Crippen molar-refractivity contribution in [3.63, 3.8) is 0 Å². The molecule has 4 nitrogen and oxygen atoms in total. The molecule has 1 fully saturated rings. The summed E-state index contributed by atoms with van der Waals surface area (Å²) < 4.78 is 11.0. The number of carbonyl (C=O) groups is 1. The zero-order chi connectivity index (χ0) is 12.5. The molecule has 0 radical (unpaired) electrons.